The zero-order valence-electron chi connectivity index (χ0n) is 14.9. The summed E-state index contributed by atoms with van der Waals surface area (Å²) < 4.78 is 5.62. The van der Waals surface area contributed by atoms with E-state index in [9.17, 15) is 4.79 Å². The molecule has 1 amide bonds. The van der Waals surface area contributed by atoms with Gasteiger partial charge in [-0.3, -0.25) is 10.1 Å². The van der Waals surface area contributed by atoms with E-state index in [1.807, 2.05) is 38.1 Å². The van der Waals surface area contributed by atoms with Gasteiger partial charge in [0.15, 0.2) is 11.7 Å². The zero-order valence-corrected chi connectivity index (χ0v) is 17.2. The van der Waals surface area contributed by atoms with Gasteiger partial charge in [-0.25, -0.2) is 4.98 Å². The van der Waals surface area contributed by atoms with E-state index in [1.54, 1.807) is 18.3 Å². The quantitative estimate of drug-likeness (QED) is 0.558. The maximum atomic E-state index is 12.1. The average molecular weight is 421 g/mol. The SMILES string of the molecule is Cc1ccc(C)c(OCC(=O)Nc2ncc(Cc3cc(Cl)ccc3Cl)s2)c1. The Bertz CT molecular complexity index is 972. The Hall–Kier alpha value is -2.08. The van der Waals surface area contributed by atoms with Crippen LogP contribution < -0.4 is 10.1 Å². The number of aryl methyl sites for hydroxylation is 2. The van der Waals surface area contributed by atoms with Crippen LogP contribution in [0.15, 0.2) is 42.6 Å². The van der Waals surface area contributed by atoms with E-state index in [1.165, 1.54) is 11.3 Å². The predicted octanol–water partition coefficient (Wildman–Crippen LogP) is 5.68. The van der Waals surface area contributed by atoms with Crippen molar-refractivity contribution in [1.29, 1.82) is 0 Å². The molecule has 0 fully saturated rings. The number of halogens is 2. The largest absolute Gasteiger partial charge is 0.483 e. The highest BCUT2D eigenvalue weighted by Gasteiger charge is 2.10. The Balaban J connectivity index is 1.57. The van der Waals surface area contributed by atoms with Crippen LogP contribution >= 0.6 is 34.5 Å². The maximum absolute atomic E-state index is 12.1. The molecule has 1 aromatic heterocycles. The van der Waals surface area contributed by atoms with Crippen LogP contribution in [0, 0.1) is 13.8 Å². The summed E-state index contributed by atoms with van der Waals surface area (Å²) in [7, 11) is 0. The Morgan fingerprint density at radius 3 is 2.81 bits per heavy atom. The zero-order chi connectivity index (χ0) is 19.4. The van der Waals surface area contributed by atoms with E-state index >= 15 is 0 Å². The third kappa shape index (κ3) is 5.45. The van der Waals surface area contributed by atoms with Gasteiger partial charge in [0.25, 0.3) is 5.91 Å². The van der Waals surface area contributed by atoms with Crippen LogP contribution in [0.3, 0.4) is 0 Å². The number of carbonyl (C=O) groups excluding carboxylic acids is 1. The van der Waals surface area contributed by atoms with Crippen molar-refractivity contribution in [2.75, 3.05) is 11.9 Å². The standard InChI is InChI=1S/C20H18Cl2N2O2S/c1-12-3-4-13(2)18(7-12)26-11-19(25)24-20-23-10-16(27-20)9-14-8-15(21)5-6-17(14)22/h3-8,10H,9,11H2,1-2H3,(H,23,24,25). The smallest absolute Gasteiger partial charge is 0.264 e. The second-order valence-electron chi connectivity index (χ2n) is 6.15. The van der Waals surface area contributed by atoms with Crippen molar-refractivity contribution in [1.82, 2.24) is 4.98 Å². The van der Waals surface area contributed by atoms with Gasteiger partial charge in [0.05, 0.1) is 0 Å². The fourth-order valence-electron chi connectivity index (χ4n) is 2.47. The van der Waals surface area contributed by atoms with Crippen molar-refractivity contribution < 1.29 is 9.53 Å². The number of nitrogens with zero attached hydrogens (tertiary/aromatic N) is 1. The Morgan fingerprint density at radius 2 is 2.00 bits per heavy atom. The number of benzene rings is 2. The number of rotatable bonds is 6. The molecule has 7 heteroatoms. The first kappa shape index (κ1) is 19.7. The Kier molecular flexibility index (Phi) is 6.37. The lowest BCUT2D eigenvalue weighted by Gasteiger charge is -2.09. The molecule has 3 aromatic rings. The normalized spacial score (nSPS) is 10.7. The number of amides is 1. The molecule has 0 saturated heterocycles. The predicted molar refractivity (Wildman–Crippen MR) is 111 cm³/mol. The van der Waals surface area contributed by atoms with Crippen LogP contribution in [-0.2, 0) is 11.2 Å². The highest BCUT2D eigenvalue weighted by molar-refractivity contribution is 7.15. The van der Waals surface area contributed by atoms with E-state index in [2.05, 4.69) is 10.3 Å². The van der Waals surface area contributed by atoms with Crippen LogP contribution in [0.2, 0.25) is 10.0 Å². The molecule has 0 atom stereocenters. The monoisotopic (exact) mass is 420 g/mol. The molecular weight excluding hydrogens is 403 g/mol. The van der Waals surface area contributed by atoms with Crippen molar-refractivity contribution in [3.05, 3.63) is 74.2 Å². The van der Waals surface area contributed by atoms with E-state index in [0.29, 0.717) is 27.3 Å². The van der Waals surface area contributed by atoms with Crippen molar-refractivity contribution in [3.63, 3.8) is 0 Å². The van der Waals surface area contributed by atoms with Crippen LogP contribution in [0.5, 0.6) is 5.75 Å². The van der Waals surface area contributed by atoms with E-state index in [0.717, 1.165) is 21.6 Å². The number of nitrogens with one attached hydrogen (secondary N) is 1. The minimum atomic E-state index is -0.252. The summed E-state index contributed by atoms with van der Waals surface area (Å²) in [5.41, 5.74) is 2.99. The molecule has 0 aliphatic rings. The van der Waals surface area contributed by atoms with Crippen molar-refractivity contribution in [2.24, 2.45) is 0 Å². The van der Waals surface area contributed by atoms with Gasteiger partial charge < -0.3 is 4.74 Å². The molecule has 1 heterocycles. The van der Waals surface area contributed by atoms with Crippen LogP contribution in [-0.4, -0.2) is 17.5 Å². The molecule has 0 saturated carbocycles. The fraction of sp³-hybridized carbons (Fsp3) is 0.200. The van der Waals surface area contributed by atoms with Gasteiger partial charge in [-0.1, -0.05) is 35.3 Å². The number of hydrogen-bond donors (Lipinski definition) is 1. The second kappa shape index (κ2) is 8.74. The fourth-order valence-corrected chi connectivity index (χ4v) is 3.71. The molecule has 2 aromatic carbocycles. The summed E-state index contributed by atoms with van der Waals surface area (Å²) >= 11 is 13.6. The molecule has 0 aliphatic carbocycles. The van der Waals surface area contributed by atoms with Crippen LogP contribution in [0.25, 0.3) is 0 Å². The molecule has 0 radical (unpaired) electrons. The summed E-state index contributed by atoms with van der Waals surface area (Å²) in [5.74, 6) is 0.457. The minimum absolute atomic E-state index is 0.0701. The van der Waals surface area contributed by atoms with Crippen molar-refractivity contribution >= 4 is 45.6 Å². The number of carbonyl (C=O) groups is 1. The first-order valence-electron chi connectivity index (χ1n) is 8.29. The first-order valence-corrected chi connectivity index (χ1v) is 9.86. The molecule has 27 heavy (non-hydrogen) atoms. The van der Waals surface area contributed by atoms with E-state index in [-0.39, 0.29) is 12.5 Å². The lowest BCUT2D eigenvalue weighted by Crippen LogP contribution is -2.20. The minimum Gasteiger partial charge on any atom is -0.483 e. The lowest BCUT2D eigenvalue weighted by molar-refractivity contribution is -0.118. The molecule has 0 aliphatic heterocycles. The van der Waals surface area contributed by atoms with Gasteiger partial charge in [0.2, 0.25) is 0 Å². The molecule has 3 rings (SSSR count). The average Bonchev–Trinajstić information content (AvgIpc) is 3.06. The topological polar surface area (TPSA) is 51.2 Å². The number of aromatic nitrogens is 1. The Labute approximate surface area is 172 Å². The summed E-state index contributed by atoms with van der Waals surface area (Å²) in [4.78, 5) is 17.4. The van der Waals surface area contributed by atoms with Crippen molar-refractivity contribution in [2.45, 2.75) is 20.3 Å². The van der Waals surface area contributed by atoms with Gasteiger partial charge in [0, 0.05) is 27.5 Å². The number of thiazole rings is 1. The first-order chi connectivity index (χ1) is 12.9. The number of ether oxygens (including phenoxy) is 1. The highest BCUT2D eigenvalue weighted by atomic mass is 35.5. The molecule has 4 nitrogen and oxygen atoms in total. The highest BCUT2D eigenvalue weighted by Crippen LogP contribution is 2.27. The summed E-state index contributed by atoms with van der Waals surface area (Å²) in [6, 6.07) is 11.2. The molecular formula is C20H18Cl2N2O2S. The van der Waals surface area contributed by atoms with Crippen LogP contribution in [0.4, 0.5) is 5.13 Å². The molecule has 1 N–H and O–H groups in total. The summed E-state index contributed by atoms with van der Waals surface area (Å²) in [5, 5.41) is 4.58. The van der Waals surface area contributed by atoms with Gasteiger partial charge in [-0.15, -0.1) is 11.3 Å². The third-order valence-electron chi connectivity index (χ3n) is 3.87. The van der Waals surface area contributed by atoms with Gasteiger partial charge in [-0.2, -0.15) is 0 Å². The summed E-state index contributed by atoms with van der Waals surface area (Å²) in [6.07, 6.45) is 2.33. The van der Waals surface area contributed by atoms with Crippen LogP contribution in [0.1, 0.15) is 21.6 Å². The number of anilines is 1. The van der Waals surface area contributed by atoms with Gasteiger partial charge in [-0.05, 0) is 54.8 Å². The molecule has 140 valence electrons. The van der Waals surface area contributed by atoms with Gasteiger partial charge in [0.1, 0.15) is 5.75 Å². The summed E-state index contributed by atoms with van der Waals surface area (Å²) in [6.45, 7) is 3.86. The molecule has 0 bridgehead atoms. The second-order valence-corrected chi connectivity index (χ2v) is 8.11. The van der Waals surface area contributed by atoms with E-state index in [4.69, 9.17) is 27.9 Å². The van der Waals surface area contributed by atoms with Crippen molar-refractivity contribution in [3.8, 4) is 5.75 Å². The third-order valence-corrected chi connectivity index (χ3v) is 5.39. The molecule has 0 spiro atoms. The lowest BCUT2D eigenvalue weighted by atomic mass is 10.1. The van der Waals surface area contributed by atoms with E-state index < -0.39 is 0 Å². The maximum Gasteiger partial charge on any atom is 0.264 e. The molecule has 0 unspecified atom stereocenters. The Morgan fingerprint density at radius 1 is 1.19 bits per heavy atom. The number of hydrogen-bond acceptors (Lipinski definition) is 4. The van der Waals surface area contributed by atoms with Gasteiger partial charge >= 0.3 is 0 Å².